The number of rotatable bonds is 8. The van der Waals surface area contributed by atoms with Crippen LogP contribution < -0.4 is 10.6 Å². The maximum Gasteiger partial charge on any atom is 0.407 e. The van der Waals surface area contributed by atoms with Gasteiger partial charge >= 0.3 is 6.18 Å². The third-order valence-electron chi connectivity index (χ3n) is 8.09. The van der Waals surface area contributed by atoms with Gasteiger partial charge in [0.25, 0.3) is 0 Å². The second-order valence-electron chi connectivity index (χ2n) is 11.7. The zero-order valence-electron chi connectivity index (χ0n) is 22.6. The zero-order chi connectivity index (χ0) is 27.9. The molecule has 0 spiro atoms. The molecule has 2 heterocycles. The van der Waals surface area contributed by atoms with Gasteiger partial charge in [-0.05, 0) is 93.4 Å². The molecule has 0 unspecified atom stereocenters. The molecule has 1 saturated heterocycles. The number of piperidine rings is 1. The second kappa shape index (κ2) is 10.5. The molecule has 5 rings (SSSR count). The summed E-state index contributed by atoms with van der Waals surface area (Å²) < 4.78 is 49.2. The Balaban J connectivity index is 1.44. The van der Waals surface area contributed by atoms with Gasteiger partial charge in [-0.15, -0.1) is 0 Å². The molecule has 2 aliphatic rings. The van der Waals surface area contributed by atoms with Crippen LogP contribution in [0, 0.1) is 17.2 Å². The number of nitriles is 1. The first-order valence-corrected chi connectivity index (χ1v) is 13.7. The molecule has 1 aromatic heterocycles. The van der Waals surface area contributed by atoms with Gasteiger partial charge in [0.2, 0.25) is 5.91 Å². The lowest BCUT2D eigenvalue weighted by atomic mass is 9.89. The van der Waals surface area contributed by atoms with Crippen LogP contribution in [0.2, 0.25) is 0 Å². The van der Waals surface area contributed by atoms with Crippen molar-refractivity contribution in [3.8, 4) is 6.07 Å². The summed E-state index contributed by atoms with van der Waals surface area (Å²) in [7, 11) is 2.12. The fourth-order valence-corrected chi connectivity index (χ4v) is 5.60. The van der Waals surface area contributed by atoms with Crippen LogP contribution in [-0.2, 0) is 4.79 Å². The molecule has 2 N–H and O–H groups in total. The predicted octanol–water partition coefficient (Wildman–Crippen LogP) is 6.18. The van der Waals surface area contributed by atoms with Crippen LogP contribution in [0.4, 0.5) is 13.2 Å². The number of likely N-dealkylation sites (tertiary alicyclic amines) is 1. The highest BCUT2D eigenvalue weighted by Crippen LogP contribution is 2.39. The molecule has 208 valence electrons. The minimum atomic E-state index is -4.65. The summed E-state index contributed by atoms with van der Waals surface area (Å²) in [6.45, 7) is 5.78. The summed E-state index contributed by atoms with van der Waals surface area (Å²) in [6.07, 6.45) is -1.29. The van der Waals surface area contributed by atoms with E-state index >= 15 is 0 Å². The Morgan fingerprint density at radius 2 is 1.85 bits per heavy atom. The number of nitrogens with one attached hydrogen (secondary N) is 2. The van der Waals surface area contributed by atoms with E-state index in [-0.39, 0.29) is 17.9 Å². The molecule has 0 radical (unpaired) electrons. The first-order valence-electron chi connectivity index (χ1n) is 13.7. The standard InChI is InChI=1S/C30H35F3N4O2/c1-18(2)14-24(28(38)36-29(17-34)10-11-29)35-27(30(31,32)33)21-4-6-22-23-15-20(19-8-12-37(3)13-9-19)5-7-25(23)39-26(22)16-21/h4-7,15-16,18-19,24,27,35H,8-14H2,1-3H3,(H,36,38)/t24-,27-/m0/s1. The molecule has 39 heavy (non-hydrogen) atoms. The number of hydrogen-bond acceptors (Lipinski definition) is 5. The van der Waals surface area contributed by atoms with Crippen LogP contribution >= 0.6 is 0 Å². The van der Waals surface area contributed by atoms with Crippen molar-refractivity contribution >= 4 is 27.8 Å². The summed E-state index contributed by atoms with van der Waals surface area (Å²) >= 11 is 0. The van der Waals surface area contributed by atoms with Crippen molar-refractivity contribution in [1.29, 1.82) is 5.26 Å². The number of alkyl halides is 3. The van der Waals surface area contributed by atoms with Gasteiger partial charge in [-0.1, -0.05) is 32.0 Å². The highest BCUT2D eigenvalue weighted by molar-refractivity contribution is 6.05. The van der Waals surface area contributed by atoms with E-state index in [1.165, 1.54) is 17.7 Å². The van der Waals surface area contributed by atoms with Crippen molar-refractivity contribution in [2.75, 3.05) is 20.1 Å². The van der Waals surface area contributed by atoms with Crippen molar-refractivity contribution in [2.45, 2.75) is 75.7 Å². The number of fused-ring (bicyclic) bond motifs is 3. The Bertz CT molecular complexity index is 1390. The third kappa shape index (κ3) is 5.92. The summed E-state index contributed by atoms with van der Waals surface area (Å²) in [5, 5.41) is 16.2. The van der Waals surface area contributed by atoms with E-state index < -0.39 is 29.7 Å². The van der Waals surface area contributed by atoms with E-state index in [9.17, 15) is 23.2 Å². The Morgan fingerprint density at radius 3 is 2.46 bits per heavy atom. The van der Waals surface area contributed by atoms with Gasteiger partial charge in [-0.2, -0.15) is 18.4 Å². The number of amides is 1. The van der Waals surface area contributed by atoms with Crippen molar-refractivity contribution in [2.24, 2.45) is 5.92 Å². The Kier molecular flexibility index (Phi) is 7.38. The van der Waals surface area contributed by atoms with Crippen molar-refractivity contribution in [1.82, 2.24) is 15.5 Å². The summed E-state index contributed by atoms with van der Waals surface area (Å²) in [4.78, 5) is 15.3. The van der Waals surface area contributed by atoms with Gasteiger partial charge in [-0.3, -0.25) is 10.1 Å². The maximum absolute atomic E-state index is 14.4. The van der Waals surface area contributed by atoms with Gasteiger partial charge in [0, 0.05) is 10.8 Å². The average molecular weight is 541 g/mol. The van der Waals surface area contributed by atoms with Gasteiger partial charge in [0.15, 0.2) is 0 Å². The summed E-state index contributed by atoms with van der Waals surface area (Å²) in [5.74, 6) is -0.160. The molecule has 2 aromatic carbocycles. The Morgan fingerprint density at radius 1 is 1.13 bits per heavy atom. The Labute approximate surface area is 226 Å². The minimum absolute atomic E-state index is 0.0208. The molecule has 0 bridgehead atoms. The van der Waals surface area contributed by atoms with Crippen molar-refractivity contribution in [3.63, 3.8) is 0 Å². The lowest BCUT2D eigenvalue weighted by Gasteiger charge is -2.29. The molecule has 9 heteroatoms. The van der Waals surface area contributed by atoms with Crippen molar-refractivity contribution < 1.29 is 22.4 Å². The smallest absolute Gasteiger partial charge is 0.407 e. The van der Waals surface area contributed by atoms with Gasteiger partial charge in [-0.25, -0.2) is 0 Å². The summed E-state index contributed by atoms with van der Waals surface area (Å²) in [6, 6.07) is 9.55. The quantitative estimate of drug-likeness (QED) is 0.357. The predicted molar refractivity (Wildman–Crippen MR) is 144 cm³/mol. The van der Waals surface area contributed by atoms with Crippen LogP contribution in [0.1, 0.15) is 69.0 Å². The molecule has 1 saturated carbocycles. The van der Waals surface area contributed by atoms with Crippen LogP contribution in [0.15, 0.2) is 40.8 Å². The first kappa shape index (κ1) is 27.5. The van der Waals surface area contributed by atoms with Crippen LogP contribution in [0.25, 0.3) is 21.9 Å². The highest BCUT2D eigenvalue weighted by Gasteiger charge is 2.47. The largest absolute Gasteiger partial charge is 0.456 e. The topological polar surface area (TPSA) is 81.3 Å². The molecule has 1 amide bonds. The monoisotopic (exact) mass is 540 g/mol. The van der Waals surface area contributed by atoms with Gasteiger partial charge in [0.1, 0.15) is 22.7 Å². The number of furan rings is 1. The van der Waals surface area contributed by atoms with Crippen LogP contribution in [0.5, 0.6) is 0 Å². The molecule has 2 fully saturated rings. The first-order chi connectivity index (χ1) is 18.5. The lowest BCUT2D eigenvalue weighted by molar-refractivity contribution is -0.161. The van der Waals surface area contributed by atoms with E-state index in [2.05, 4.69) is 40.8 Å². The molecular weight excluding hydrogens is 505 g/mol. The molecule has 2 atom stereocenters. The fraction of sp³-hybridized carbons (Fsp3) is 0.533. The molecular formula is C30H35F3N4O2. The van der Waals surface area contributed by atoms with Gasteiger partial charge in [0.05, 0.1) is 12.1 Å². The van der Waals surface area contributed by atoms with E-state index in [0.29, 0.717) is 29.9 Å². The number of carbonyl (C=O) groups is 1. The molecule has 1 aliphatic carbocycles. The number of hydrogen-bond donors (Lipinski definition) is 2. The normalized spacial score (nSPS) is 19.7. The highest BCUT2D eigenvalue weighted by atomic mass is 19.4. The SMILES string of the molecule is CC(C)C[C@H](N[C@@H](c1ccc2c(c1)oc1ccc(C3CCN(C)CC3)cc12)C(F)(F)F)C(=O)NC1(C#N)CC1. The van der Waals surface area contributed by atoms with Crippen LogP contribution in [-0.4, -0.2) is 48.7 Å². The lowest BCUT2D eigenvalue weighted by Crippen LogP contribution is -2.52. The average Bonchev–Trinajstić information content (AvgIpc) is 3.56. The number of nitrogens with zero attached hydrogens (tertiary/aromatic N) is 2. The summed E-state index contributed by atoms with van der Waals surface area (Å²) in [5.41, 5.74) is 1.27. The molecule has 3 aromatic rings. The zero-order valence-corrected chi connectivity index (χ0v) is 22.6. The van der Waals surface area contributed by atoms with Crippen molar-refractivity contribution in [3.05, 3.63) is 47.5 Å². The number of benzene rings is 2. The van der Waals surface area contributed by atoms with E-state index in [1.54, 1.807) is 6.07 Å². The number of carbonyl (C=O) groups excluding carboxylic acids is 1. The van der Waals surface area contributed by atoms with E-state index in [1.807, 2.05) is 19.9 Å². The fourth-order valence-electron chi connectivity index (χ4n) is 5.60. The second-order valence-corrected chi connectivity index (χ2v) is 11.7. The van der Waals surface area contributed by atoms with E-state index in [4.69, 9.17) is 4.42 Å². The van der Waals surface area contributed by atoms with Gasteiger partial charge < -0.3 is 14.6 Å². The maximum atomic E-state index is 14.4. The third-order valence-corrected chi connectivity index (χ3v) is 8.09. The minimum Gasteiger partial charge on any atom is -0.456 e. The molecule has 6 nitrogen and oxygen atoms in total. The Hall–Kier alpha value is -3.09. The molecule has 1 aliphatic heterocycles. The van der Waals surface area contributed by atoms with E-state index in [0.717, 1.165) is 36.7 Å². The van der Waals surface area contributed by atoms with Crippen LogP contribution in [0.3, 0.4) is 0 Å². The number of halogens is 3.